The maximum atomic E-state index is 12.8. The fourth-order valence-corrected chi connectivity index (χ4v) is 3.24. The fourth-order valence-electron chi connectivity index (χ4n) is 2.76. The molecule has 1 aromatic heterocycles. The standard InChI is InChI=1S/C18H23N3O4S/c1-10-15(12-6-4-5-7-13(12)20-10)16(22)11(2)25-17(23)14(8-9-26-3)21-18(19)24/h4-7,11,14,20H,8-9H2,1-3H3,(H3,19,21,24)/t11-,14+/m1/s1. The van der Waals surface area contributed by atoms with Gasteiger partial charge in [-0.2, -0.15) is 11.8 Å². The van der Waals surface area contributed by atoms with E-state index in [-0.39, 0.29) is 5.78 Å². The van der Waals surface area contributed by atoms with Crippen LogP contribution in [0.1, 0.15) is 29.4 Å². The van der Waals surface area contributed by atoms with Crippen LogP contribution >= 0.6 is 11.8 Å². The second-order valence-corrected chi connectivity index (χ2v) is 6.94. The Kier molecular flexibility index (Phi) is 6.68. The molecule has 0 radical (unpaired) electrons. The van der Waals surface area contributed by atoms with Gasteiger partial charge in [-0.25, -0.2) is 9.59 Å². The number of thioether (sulfide) groups is 1. The van der Waals surface area contributed by atoms with E-state index in [0.717, 1.165) is 10.9 Å². The molecule has 0 aliphatic rings. The number of ether oxygens (including phenoxy) is 1. The van der Waals surface area contributed by atoms with Gasteiger partial charge in [-0.05, 0) is 38.3 Å². The van der Waals surface area contributed by atoms with Gasteiger partial charge in [0.25, 0.3) is 0 Å². The smallest absolute Gasteiger partial charge is 0.329 e. The number of H-pyrrole nitrogens is 1. The molecule has 140 valence electrons. The Morgan fingerprint density at radius 3 is 2.65 bits per heavy atom. The molecule has 2 atom stereocenters. The number of primary amides is 1. The second-order valence-electron chi connectivity index (χ2n) is 5.96. The molecule has 26 heavy (non-hydrogen) atoms. The van der Waals surface area contributed by atoms with Gasteiger partial charge in [0.2, 0.25) is 5.78 Å². The third kappa shape index (κ3) is 4.57. The first kappa shape index (κ1) is 19.8. The Bertz CT molecular complexity index is 818. The van der Waals surface area contributed by atoms with E-state index in [1.165, 1.54) is 18.7 Å². The van der Waals surface area contributed by atoms with Crippen molar-refractivity contribution in [3.63, 3.8) is 0 Å². The van der Waals surface area contributed by atoms with Gasteiger partial charge < -0.3 is 20.8 Å². The molecular formula is C18H23N3O4S. The number of benzene rings is 1. The molecule has 0 unspecified atom stereocenters. The summed E-state index contributed by atoms with van der Waals surface area (Å²) in [4.78, 5) is 39.4. The van der Waals surface area contributed by atoms with E-state index in [0.29, 0.717) is 23.4 Å². The lowest BCUT2D eigenvalue weighted by Gasteiger charge is -2.19. The van der Waals surface area contributed by atoms with Crippen LogP contribution in [0.5, 0.6) is 0 Å². The Labute approximate surface area is 156 Å². The lowest BCUT2D eigenvalue weighted by Crippen LogP contribution is -2.46. The summed E-state index contributed by atoms with van der Waals surface area (Å²) >= 11 is 1.53. The number of amides is 2. The van der Waals surface area contributed by atoms with Gasteiger partial charge >= 0.3 is 12.0 Å². The number of para-hydroxylation sites is 1. The highest BCUT2D eigenvalue weighted by molar-refractivity contribution is 7.98. The fraction of sp³-hybridized carbons (Fsp3) is 0.389. The van der Waals surface area contributed by atoms with Crippen LogP contribution in [0.3, 0.4) is 0 Å². The van der Waals surface area contributed by atoms with Crippen molar-refractivity contribution >= 4 is 40.4 Å². The minimum atomic E-state index is -0.980. The van der Waals surface area contributed by atoms with Crippen molar-refractivity contribution in [2.75, 3.05) is 12.0 Å². The Morgan fingerprint density at radius 2 is 2.00 bits per heavy atom. The quantitative estimate of drug-likeness (QED) is 0.483. The van der Waals surface area contributed by atoms with Gasteiger partial charge in [0.1, 0.15) is 6.04 Å². The molecule has 4 N–H and O–H groups in total. The summed E-state index contributed by atoms with van der Waals surface area (Å²) in [6, 6.07) is 5.76. The normalized spacial score (nSPS) is 13.2. The average molecular weight is 377 g/mol. The van der Waals surface area contributed by atoms with Crippen molar-refractivity contribution in [2.45, 2.75) is 32.4 Å². The van der Waals surface area contributed by atoms with Gasteiger partial charge in [0, 0.05) is 22.2 Å². The Hall–Kier alpha value is -2.48. The molecule has 8 heteroatoms. The van der Waals surface area contributed by atoms with Crippen LogP contribution in [-0.4, -0.2) is 46.9 Å². The summed E-state index contributed by atoms with van der Waals surface area (Å²) in [6.45, 7) is 3.33. The molecule has 2 rings (SSSR count). The lowest BCUT2D eigenvalue weighted by molar-refractivity contribution is -0.148. The predicted octanol–water partition coefficient (Wildman–Crippen LogP) is 2.38. The molecule has 0 fully saturated rings. The summed E-state index contributed by atoms with van der Waals surface area (Å²) < 4.78 is 5.32. The van der Waals surface area contributed by atoms with E-state index in [1.54, 1.807) is 6.92 Å². The van der Waals surface area contributed by atoms with Crippen LogP contribution in [-0.2, 0) is 9.53 Å². The monoisotopic (exact) mass is 377 g/mol. The topological polar surface area (TPSA) is 114 Å². The summed E-state index contributed by atoms with van der Waals surface area (Å²) in [6.07, 6.45) is 1.28. The molecule has 0 aliphatic carbocycles. The molecule has 0 saturated carbocycles. The number of nitrogens with two attached hydrogens (primary N) is 1. The summed E-state index contributed by atoms with van der Waals surface area (Å²) in [5.41, 5.74) is 7.18. The van der Waals surface area contributed by atoms with E-state index in [9.17, 15) is 14.4 Å². The number of esters is 1. The third-order valence-corrected chi connectivity index (χ3v) is 4.66. The highest BCUT2D eigenvalue weighted by atomic mass is 32.2. The number of aromatic nitrogens is 1. The maximum Gasteiger partial charge on any atom is 0.329 e. The van der Waals surface area contributed by atoms with Crippen molar-refractivity contribution in [2.24, 2.45) is 5.73 Å². The van der Waals surface area contributed by atoms with Crippen LogP contribution in [0.15, 0.2) is 24.3 Å². The van der Waals surface area contributed by atoms with Gasteiger partial charge in [0.15, 0.2) is 6.10 Å². The van der Waals surface area contributed by atoms with Crippen LogP contribution < -0.4 is 11.1 Å². The zero-order chi connectivity index (χ0) is 19.3. The van der Waals surface area contributed by atoms with Gasteiger partial charge in [-0.15, -0.1) is 0 Å². The first-order valence-corrected chi connectivity index (χ1v) is 9.61. The largest absolute Gasteiger partial charge is 0.453 e. The first-order chi connectivity index (χ1) is 12.3. The highest BCUT2D eigenvalue weighted by Crippen LogP contribution is 2.24. The Morgan fingerprint density at radius 1 is 1.31 bits per heavy atom. The number of aryl methyl sites for hydroxylation is 1. The van der Waals surface area contributed by atoms with Gasteiger partial charge in [-0.1, -0.05) is 18.2 Å². The Balaban J connectivity index is 2.15. The molecule has 2 amide bonds. The van der Waals surface area contributed by atoms with E-state index < -0.39 is 24.1 Å². The van der Waals surface area contributed by atoms with E-state index >= 15 is 0 Å². The van der Waals surface area contributed by atoms with Gasteiger partial charge in [-0.3, -0.25) is 4.79 Å². The van der Waals surface area contributed by atoms with Crippen LogP contribution in [0.2, 0.25) is 0 Å². The minimum absolute atomic E-state index is 0.295. The molecule has 1 aromatic carbocycles. The van der Waals surface area contributed by atoms with Crippen molar-refractivity contribution in [3.05, 3.63) is 35.5 Å². The number of hydrogen-bond donors (Lipinski definition) is 3. The predicted molar refractivity (Wildman–Crippen MR) is 102 cm³/mol. The minimum Gasteiger partial charge on any atom is -0.453 e. The molecule has 7 nitrogen and oxygen atoms in total. The van der Waals surface area contributed by atoms with Crippen LogP contribution in [0.25, 0.3) is 10.9 Å². The number of carbonyl (C=O) groups is 3. The lowest BCUT2D eigenvalue weighted by atomic mass is 10.0. The zero-order valence-corrected chi connectivity index (χ0v) is 15.8. The van der Waals surface area contributed by atoms with Crippen LogP contribution in [0, 0.1) is 6.92 Å². The number of nitrogens with one attached hydrogen (secondary N) is 2. The SMILES string of the molecule is CSCC[C@H](NC(N)=O)C(=O)O[C@H](C)C(=O)c1c(C)[nH]c2ccccc12. The van der Waals surface area contributed by atoms with Crippen molar-refractivity contribution in [3.8, 4) is 0 Å². The number of Topliss-reactive ketones (excluding diaryl/α,β-unsaturated/α-hetero) is 1. The van der Waals surface area contributed by atoms with E-state index in [1.807, 2.05) is 30.5 Å². The summed E-state index contributed by atoms with van der Waals surface area (Å²) in [5, 5.41) is 3.15. The number of carbonyl (C=O) groups excluding carboxylic acids is 3. The third-order valence-electron chi connectivity index (χ3n) is 4.01. The molecule has 2 aromatic rings. The number of aromatic amines is 1. The summed E-state index contributed by atoms with van der Waals surface area (Å²) in [7, 11) is 0. The van der Waals surface area contributed by atoms with E-state index in [2.05, 4.69) is 10.3 Å². The van der Waals surface area contributed by atoms with E-state index in [4.69, 9.17) is 10.5 Å². The number of fused-ring (bicyclic) bond motifs is 1. The number of hydrogen-bond acceptors (Lipinski definition) is 5. The molecule has 1 heterocycles. The summed E-state index contributed by atoms with van der Waals surface area (Å²) in [5.74, 6) is -0.323. The van der Waals surface area contributed by atoms with Crippen molar-refractivity contribution in [1.29, 1.82) is 0 Å². The number of ketones is 1. The zero-order valence-electron chi connectivity index (χ0n) is 15.0. The van der Waals surface area contributed by atoms with Gasteiger partial charge in [0.05, 0.1) is 0 Å². The molecule has 0 saturated heterocycles. The highest BCUT2D eigenvalue weighted by Gasteiger charge is 2.28. The molecule has 0 spiro atoms. The molecule has 0 bridgehead atoms. The second kappa shape index (κ2) is 8.75. The van der Waals surface area contributed by atoms with Crippen LogP contribution in [0.4, 0.5) is 4.79 Å². The number of urea groups is 1. The maximum absolute atomic E-state index is 12.8. The molecular weight excluding hydrogens is 354 g/mol. The van der Waals surface area contributed by atoms with Crippen molar-refractivity contribution < 1.29 is 19.1 Å². The van der Waals surface area contributed by atoms with Crippen molar-refractivity contribution in [1.82, 2.24) is 10.3 Å². The average Bonchev–Trinajstić information content (AvgIpc) is 2.93. The number of rotatable bonds is 8. The first-order valence-electron chi connectivity index (χ1n) is 8.22. The molecule has 0 aliphatic heterocycles.